The standard InChI is InChI=1S/C27H28O10/c1-5-23(28)32-15-17-34-25(30)36-21-11-7-19(8-12-21)27(3,4)20-9-13-22(14-10-20)37-26(31)35-18-16-33-24(29)6-2/h5-14H,1-2,15-18H2,3-4H3. The topological polar surface area (TPSA) is 124 Å². The van der Waals surface area contributed by atoms with Gasteiger partial charge >= 0.3 is 24.2 Å². The summed E-state index contributed by atoms with van der Waals surface area (Å²) in [7, 11) is 0. The van der Waals surface area contributed by atoms with Gasteiger partial charge in [-0.05, 0) is 35.4 Å². The lowest BCUT2D eigenvalue weighted by Gasteiger charge is -2.26. The lowest BCUT2D eigenvalue weighted by Crippen LogP contribution is -2.19. The maximum absolute atomic E-state index is 11.8. The fourth-order valence-corrected chi connectivity index (χ4v) is 2.95. The molecule has 10 nitrogen and oxygen atoms in total. The van der Waals surface area contributed by atoms with E-state index in [1.165, 1.54) is 0 Å². The molecule has 0 radical (unpaired) electrons. The number of hydrogen-bond acceptors (Lipinski definition) is 10. The van der Waals surface area contributed by atoms with Crippen LogP contribution in [-0.2, 0) is 34.0 Å². The molecule has 0 unspecified atom stereocenters. The van der Waals surface area contributed by atoms with Crippen LogP contribution in [0.25, 0.3) is 0 Å². The summed E-state index contributed by atoms with van der Waals surface area (Å²) in [5.74, 6) is -0.649. The number of ether oxygens (including phenoxy) is 6. The summed E-state index contributed by atoms with van der Waals surface area (Å²) in [4.78, 5) is 45.4. The van der Waals surface area contributed by atoms with Crippen molar-refractivity contribution in [3.63, 3.8) is 0 Å². The zero-order valence-corrected chi connectivity index (χ0v) is 20.6. The molecule has 0 aliphatic rings. The van der Waals surface area contributed by atoms with Crippen LogP contribution in [0.2, 0.25) is 0 Å². The number of carbonyl (C=O) groups is 4. The highest BCUT2D eigenvalue weighted by Crippen LogP contribution is 2.33. The average Bonchev–Trinajstić information content (AvgIpc) is 2.89. The van der Waals surface area contributed by atoms with Crippen LogP contribution in [0, 0.1) is 0 Å². The van der Waals surface area contributed by atoms with E-state index in [9.17, 15) is 19.2 Å². The van der Waals surface area contributed by atoms with Gasteiger partial charge in [-0.15, -0.1) is 0 Å². The summed E-state index contributed by atoms with van der Waals surface area (Å²) in [6.07, 6.45) is 0.175. The first-order chi connectivity index (χ1) is 17.6. The minimum Gasteiger partial charge on any atom is -0.459 e. The first-order valence-corrected chi connectivity index (χ1v) is 11.1. The van der Waals surface area contributed by atoms with Gasteiger partial charge in [-0.2, -0.15) is 0 Å². The Morgan fingerprint density at radius 3 is 1.27 bits per heavy atom. The molecule has 0 aliphatic carbocycles. The minimum atomic E-state index is -0.923. The van der Waals surface area contributed by atoms with E-state index in [1.807, 2.05) is 38.1 Å². The van der Waals surface area contributed by atoms with Crippen molar-refractivity contribution >= 4 is 24.2 Å². The molecule has 0 aromatic heterocycles. The van der Waals surface area contributed by atoms with E-state index >= 15 is 0 Å². The van der Waals surface area contributed by atoms with Crippen molar-refractivity contribution < 1.29 is 47.6 Å². The van der Waals surface area contributed by atoms with Gasteiger partial charge in [0.05, 0.1) is 0 Å². The Morgan fingerprint density at radius 2 is 0.946 bits per heavy atom. The van der Waals surface area contributed by atoms with Gasteiger partial charge < -0.3 is 28.4 Å². The number of benzene rings is 2. The third-order valence-corrected chi connectivity index (χ3v) is 4.98. The molecule has 0 aliphatic heterocycles. The van der Waals surface area contributed by atoms with E-state index in [0.717, 1.165) is 23.3 Å². The number of rotatable bonds is 12. The molecule has 0 saturated carbocycles. The van der Waals surface area contributed by atoms with Crippen LogP contribution in [0.3, 0.4) is 0 Å². The van der Waals surface area contributed by atoms with E-state index in [0.29, 0.717) is 0 Å². The fourth-order valence-electron chi connectivity index (χ4n) is 2.95. The predicted octanol–water partition coefficient (Wildman–Crippen LogP) is 4.50. The molecule has 0 fully saturated rings. The van der Waals surface area contributed by atoms with Gasteiger partial charge in [0.25, 0.3) is 0 Å². The summed E-state index contributed by atoms with van der Waals surface area (Å²) < 4.78 is 29.3. The van der Waals surface area contributed by atoms with Crippen LogP contribution in [0.4, 0.5) is 9.59 Å². The average molecular weight is 513 g/mol. The van der Waals surface area contributed by atoms with E-state index in [2.05, 4.69) is 13.2 Å². The van der Waals surface area contributed by atoms with E-state index < -0.39 is 29.7 Å². The van der Waals surface area contributed by atoms with Crippen molar-refractivity contribution in [1.29, 1.82) is 0 Å². The molecule has 0 saturated heterocycles. The molecule has 0 heterocycles. The Kier molecular flexibility index (Phi) is 10.9. The minimum absolute atomic E-state index is 0.106. The maximum Gasteiger partial charge on any atom is 0.513 e. The van der Waals surface area contributed by atoms with Gasteiger partial charge in [-0.1, -0.05) is 51.3 Å². The number of carbonyl (C=O) groups excluding carboxylic acids is 4. The largest absolute Gasteiger partial charge is 0.513 e. The van der Waals surface area contributed by atoms with Crippen molar-refractivity contribution in [1.82, 2.24) is 0 Å². The van der Waals surface area contributed by atoms with Crippen molar-refractivity contribution in [2.75, 3.05) is 26.4 Å². The number of esters is 2. The molecule has 2 aromatic carbocycles. The van der Waals surface area contributed by atoms with Gasteiger partial charge in [-0.25, -0.2) is 19.2 Å². The second kappa shape index (κ2) is 14.1. The molecule has 2 rings (SSSR count). The van der Waals surface area contributed by atoms with Crippen LogP contribution in [0.5, 0.6) is 11.5 Å². The Labute approximate surface area is 214 Å². The van der Waals surface area contributed by atoms with Gasteiger partial charge in [0.15, 0.2) is 0 Å². The molecule has 0 atom stereocenters. The molecule has 10 heteroatoms. The Bertz CT molecular complexity index is 1010. The molecular formula is C27H28O10. The fraction of sp³-hybridized carbons (Fsp3) is 0.259. The van der Waals surface area contributed by atoms with Crippen LogP contribution in [0.15, 0.2) is 73.8 Å². The normalized spacial score (nSPS) is 10.4. The Balaban J connectivity index is 1.87. The maximum atomic E-state index is 11.8. The molecule has 0 amide bonds. The van der Waals surface area contributed by atoms with E-state index in [-0.39, 0.29) is 37.9 Å². The van der Waals surface area contributed by atoms with E-state index in [1.54, 1.807) is 24.3 Å². The van der Waals surface area contributed by atoms with Crippen molar-refractivity contribution in [2.24, 2.45) is 0 Å². The van der Waals surface area contributed by atoms with Crippen molar-refractivity contribution in [2.45, 2.75) is 19.3 Å². The zero-order chi connectivity index (χ0) is 27.3. The zero-order valence-electron chi connectivity index (χ0n) is 20.6. The third-order valence-electron chi connectivity index (χ3n) is 4.98. The lowest BCUT2D eigenvalue weighted by atomic mass is 9.78. The molecule has 37 heavy (non-hydrogen) atoms. The molecule has 2 aromatic rings. The van der Waals surface area contributed by atoms with Crippen LogP contribution in [0.1, 0.15) is 25.0 Å². The summed E-state index contributed by atoms with van der Waals surface area (Å²) in [6, 6.07) is 13.8. The highest BCUT2D eigenvalue weighted by atomic mass is 16.7. The van der Waals surface area contributed by atoms with Gasteiger partial charge in [0, 0.05) is 17.6 Å². The smallest absolute Gasteiger partial charge is 0.459 e. The van der Waals surface area contributed by atoms with Crippen molar-refractivity contribution in [3.05, 3.63) is 85.0 Å². The summed E-state index contributed by atoms with van der Waals surface area (Å²) >= 11 is 0. The summed E-state index contributed by atoms with van der Waals surface area (Å²) in [6.45, 7) is 10.0. The number of hydrogen-bond donors (Lipinski definition) is 0. The van der Waals surface area contributed by atoms with Crippen LogP contribution >= 0.6 is 0 Å². The van der Waals surface area contributed by atoms with Crippen LogP contribution in [-0.4, -0.2) is 50.7 Å². The quantitative estimate of drug-likeness (QED) is 0.132. The second-order valence-electron chi connectivity index (χ2n) is 7.82. The molecule has 0 N–H and O–H groups in total. The summed E-state index contributed by atoms with van der Waals surface area (Å²) in [5, 5.41) is 0. The van der Waals surface area contributed by atoms with Crippen LogP contribution < -0.4 is 9.47 Å². The van der Waals surface area contributed by atoms with E-state index in [4.69, 9.17) is 28.4 Å². The highest BCUT2D eigenvalue weighted by molar-refractivity contribution is 5.81. The first kappa shape index (κ1) is 28.6. The Morgan fingerprint density at radius 1 is 0.622 bits per heavy atom. The Hall–Kier alpha value is -4.60. The first-order valence-electron chi connectivity index (χ1n) is 11.1. The van der Waals surface area contributed by atoms with Gasteiger partial charge in [-0.3, -0.25) is 0 Å². The SMILES string of the molecule is C=CC(=O)OCCOC(=O)Oc1ccc(C(C)(C)c2ccc(OC(=O)OCCOC(=O)C=C)cc2)cc1. The van der Waals surface area contributed by atoms with Crippen molar-refractivity contribution in [3.8, 4) is 11.5 Å². The molecule has 0 bridgehead atoms. The predicted molar refractivity (Wildman–Crippen MR) is 131 cm³/mol. The second-order valence-corrected chi connectivity index (χ2v) is 7.82. The summed E-state index contributed by atoms with van der Waals surface area (Å²) in [5.41, 5.74) is 1.45. The molecule has 0 spiro atoms. The monoisotopic (exact) mass is 512 g/mol. The van der Waals surface area contributed by atoms with Gasteiger partial charge in [0.2, 0.25) is 0 Å². The van der Waals surface area contributed by atoms with Gasteiger partial charge in [0.1, 0.15) is 37.9 Å². The molecule has 196 valence electrons. The molecular weight excluding hydrogens is 484 g/mol. The highest BCUT2D eigenvalue weighted by Gasteiger charge is 2.23. The lowest BCUT2D eigenvalue weighted by molar-refractivity contribution is -0.139. The third kappa shape index (κ3) is 9.52.